The van der Waals surface area contributed by atoms with Crippen LogP contribution in [0.1, 0.15) is 17.2 Å². The van der Waals surface area contributed by atoms with Crippen molar-refractivity contribution >= 4 is 34.2 Å². The van der Waals surface area contributed by atoms with Gasteiger partial charge in [-0.1, -0.05) is 72.3 Å². The summed E-state index contributed by atoms with van der Waals surface area (Å²) < 4.78 is 0. The van der Waals surface area contributed by atoms with Gasteiger partial charge in [-0.15, -0.1) is 0 Å². The number of fused-ring (bicyclic) bond motifs is 1. The van der Waals surface area contributed by atoms with Gasteiger partial charge in [0.05, 0.1) is 6.04 Å². The van der Waals surface area contributed by atoms with Crippen LogP contribution in [0.2, 0.25) is 5.02 Å². The highest BCUT2D eigenvalue weighted by molar-refractivity contribution is 6.35. The molecule has 0 aromatic heterocycles. The SMILES string of the molecule is CN(C)[C@H](CNC(=O)C(=O)NCc1ccccc1Cl)c1cccc2ccccc12. The van der Waals surface area contributed by atoms with Gasteiger partial charge in [0.1, 0.15) is 0 Å². The van der Waals surface area contributed by atoms with Crippen molar-refractivity contribution < 1.29 is 9.59 Å². The molecule has 2 amide bonds. The molecule has 2 N–H and O–H groups in total. The first-order valence-electron chi connectivity index (χ1n) is 9.41. The minimum Gasteiger partial charge on any atom is -0.346 e. The molecule has 0 heterocycles. The number of carbonyl (C=O) groups is 2. The van der Waals surface area contributed by atoms with Crippen molar-refractivity contribution in [3.8, 4) is 0 Å². The highest BCUT2D eigenvalue weighted by Crippen LogP contribution is 2.26. The predicted octanol–water partition coefficient (Wildman–Crippen LogP) is 3.53. The van der Waals surface area contributed by atoms with Crippen molar-refractivity contribution in [2.24, 2.45) is 0 Å². The average molecular weight is 410 g/mol. The molecule has 0 saturated heterocycles. The summed E-state index contributed by atoms with van der Waals surface area (Å²) in [6.07, 6.45) is 0. The fourth-order valence-electron chi connectivity index (χ4n) is 3.28. The van der Waals surface area contributed by atoms with Gasteiger partial charge in [-0.2, -0.15) is 0 Å². The molecule has 0 bridgehead atoms. The van der Waals surface area contributed by atoms with Gasteiger partial charge in [-0.3, -0.25) is 9.59 Å². The molecule has 1 atom stereocenters. The largest absolute Gasteiger partial charge is 0.346 e. The number of benzene rings is 3. The first-order valence-corrected chi connectivity index (χ1v) is 9.78. The van der Waals surface area contributed by atoms with E-state index >= 15 is 0 Å². The lowest BCUT2D eigenvalue weighted by molar-refractivity contribution is -0.139. The smallest absolute Gasteiger partial charge is 0.309 e. The molecule has 0 saturated carbocycles. The van der Waals surface area contributed by atoms with E-state index in [0.29, 0.717) is 11.6 Å². The first kappa shape index (κ1) is 20.8. The maximum Gasteiger partial charge on any atom is 0.309 e. The fourth-order valence-corrected chi connectivity index (χ4v) is 3.48. The third kappa shape index (κ3) is 5.13. The van der Waals surface area contributed by atoms with Crippen molar-refractivity contribution in [3.05, 3.63) is 82.9 Å². The number of halogens is 1. The van der Waals surface area contributed by atoms with Crippen LogP contribution in [-0.4, -0.2) is 37.4 Å². The van der Waals surface area contributed by atoms with Crippen molar-refractivity contribution in [3.63, 3.8) is 0 Å². The Labute approximate surface area is 175 Å². The molecule has 29 heavy (non-hydrogen) atoms. The van der Waals surface area contributed by atoms with E-state index in [9.17, 15) is 9.59 Å². The van der Waals surface area contributed by atoms with Crippen LogP contribution in [0.4, 0.5) is 0 Å². The lowest BCUT2D eigenvalue weighted by Gasteiger charge is -2.26. The minimum absolute atomic E-state index is 0.0681. The second-order valence-electron chi connectivity index (χ2n) is 7.03. The van der Waals surface area contributed by atoms with Crippen LogP contribution in [0.25, 0.3) is 10.8 Å². The van der Waals surface area contributed by atoms with E-state index in [0.717, 1.165) is 21.9 Å². The van der Waals surface area contributed by atoms with Gasteiger partial charge in [-0.05, 0) is 42.1 Å². The molecule has 3 aromatic rings. The van der Waals surface area contributed by atoms with Crippen molar-refractivity contribution in [2.75, 3.05) is 20.6 Å². The minimum atomic E-state index is -0.680. The van der Waals surface area contributed by atoms with Crippen molar-refractivity contribution in [2.45, 2.75) is 12.6 Å². The Morgan fingerprint density at radius 1 is 0.897 bits per heavy atom. The van der Waals surface area contributed by atoms with Crippen molar-refractivity contribution in [1.82, 2.24) is 15.5 Å². The molecule has 6 heteroatoms. The summed E-state index contributed by atoms with van der Waals surface area (Å²) >= 11 is 6.08. The van der Waals surface area contributed by atoms with Gasteiger partial charge in [0.25, 0.3) is 0 Å². The average Bonchev–Trinajstić information content (AvgIpc) is 2.72. The molecule has 0 aliphatic rings. The number of amides is 2. The van der Waals surface area contributed by atoms with Crippen LogP contribution >= 0.6 is 11.6 Å². The van der Waals surface area contributed by atoms with E-state index in [1.54, 1.807) is 6.07 Å². The number of hydrogen-bond acceptors (Lipinski definition) is 3. The Kier molecular flexibility index (Phi) is 6.86. The summed E-state index contributed by atoms with van der Waals surface area (Å²) in [4.78, 5) is 26.5. The van der Waals surface area contributed by atoms with Crippen LogP contribution in [-0.2, 0) is 16.1 Å². The summed E-state index contributed by atoms with van der Waals surface area (Å²) in [6, 6.07) is 21.4. The molecule has 150 valence electrons. The second kappa shape index (κ2) is 9.54. The lowest BCUT2D eigenvalue weighted by atomic mass is 9.98. The van der Waals surface area contributed by atoms with Crippen LogP contribution in [0, 0.1) is 0 Å². The summed E-state index contributed by atoms with van der Waals surface area (Å²) in [5, 5.41) is 8.19. The Balaban J connectivity index is 1.65. The number of nitrogens with one attached hydrogen (secondary N) is 2. The highest BCUT2D eigenvalue weighted by Gasteiger charge is 2.20. The molecular weight excluding hydrogens is 386 g/mol. The summed E-state index contributed by atoms with van der Waals surface area (Å²) in [7, 11) is 3.91. The molecule has 0 fully saturated rings. The normalized spacial score (nSPS) is 12.0. The summed E-state index contributed by atoms with van der Waals surface area (Å²) in [5.74, 6) is -1.34. The maximum atomic E-state index is 12.3. The van der Waals surface area contributed by atoms with E-state index in [2.05, 4.69) is 34.9 Å². The second-order valence-corrected chi connectivity index (χ2v) is 7.44. The topological polar surface area (TPSA) is 61.4 Å². The molecule has 0 spiro atoms. The van der Waals surface area contributed by atoms with E-state index < -0.39 is 11.8 Å². The Morgan fingerprint density at radius 3 is 2.31 bits per heavy atom. The molecule has 0 radical (unpaired) electrons. The molecular formula is C23H24ClN3O2. The van der Waals surface area contributed by atoms with Crippen LogP contribution in [0.3, 0.4) is 0 Å². The zero-order chi connectivity index (χ0) is 20.8. The van der Waals surface area contributed by atoms with Crippen molar-refractivity contribution in [1.29, 1.82) is 0 Å². The number of likely N-dealkylation sites (N-methyl/N-ethyl adjacent to an activating group) is 1. The van der Waals surface area contributed by atoms with Crippen LogP contribution in [0.15, 0.2) is 66.7 Å². The van der Waals surface area contributed by atoms with E-state index in [-0.39, 0.29) is 12.6 Å². The van der Waals surface area contributed by atoms with Crippen LogP contribution in [0.5, 0.6) is 0 Å². The Hall–Kier alpha value is -2.89. The maximum absolute atomic E-state index is 12.3. The molecule has 0 aliphatic carbocycles. The molecule has 5 nitrogen and oxygen atoms in total. The molecule has 3 aromatic carbocycles. The van der Waals surface area contributed by atoms with Gasteiger partial charge in [0.15, 0.2) is 0 Å². The number of carbonyl (C=O) groups excluding carboxylic acids is 2. The van der Waals surface area contributed by atoms with Gasteiger partial charge in [0.2, 0.25) is 0 Å². The fraction of sp³-hybridized carbons (Fsp3) is 0.217. The standard InChI is InChI=1S/C23H24ClN3O2/c1-27(2)21(19-12-7-10-16-8-3-5-11-18(16)19)15-26-23(29)22(28)25-14-17-9-4-6-13-20(17)24/h3-13,21H,14-15H2,1-2H3,(H,25,28)(H,26,29)/t21-/m1/s1. The molecule has 0 unspecified atom stereocenters. The Morgan fingerprint density at radius 2 is 1.55 bits per heavy atom. The van der Waals surface area contributed by atoms with Gasteiger partial charge in [0, 0.05) is 18.1 Å². The van der Waals surface area contributed by atoms with E-state index in [1.165, 1.54) is 0 Å². The lowest BCUT2D eigenvalue weighted by Crippen LogP contribution is -2.43. The third-order valence-corrected chi connectivity index (χ3v) is 5.23. The number of hydrogen-bond donors (Lipinski definition) is 2. The zero-order valence-corrected chi connectivity index (χ0v) is 17.2. The highest BCUT2D eigenvalue weighted by atomic mass is 35.5. The van der Waals surface area contributed by atoms with Gasteiger partial charge < -0.3 is 15.5 Å². The van der Waals surface area contributed by atoms with Gasteiger partial charge >= 0.3 is 11.8 Å². The van der Waals surface area contributed by atoms with Gasteiger partial charge in [-0.25, -0.2) is 0 Å². The number of rotatable bonds is 6. The third-order valence-electron chi connectivity index (χ3n) is 4.87. The van der Waals surface area contributed by atoms with Crippen LogP contribution < -0.4 is 10.6 Å². The first-order chi connectivity index (χ1) is 14.0. The summed E-state index contributed by atoms with van der Waals surface area (Å²) in [6.45, 7) is 0.520. The summed E-state index contributed by atoms with van der Waals surface area (Å²) in [5.41, 5.74) is 1.86. The quantitative estimate of drug-likeness (QED) is 0.612. The van der Waals surface area contributed by atoms with E-state index in [4.69, 9.17) is 11.6 Å². The Bertz CT molecular complexity index is 1010. The molecule has 0 aliphatic heterocycles. The predicted molar refractivity (Wildman–Crippen MR) is 117 cm³/mol. The molecule has 3 rings (SSSR count). The zero-order valence-electron chi connectivity index (χ0n) is 16.5. The van der Waals surface area contributed by atoms with E-state index in [1.807, 2.05) is 55.4 Å². The number of nitrogens with zero attached hydrogens (tertiary/aromatic N) is 1. The monoisotopic (exact) mass is 409 g/mol.